The molecule has 4 atom stereocenters. The van der Waals surface area contributed by atoms with Crippen molar-refractivity contribution in [3.05, 3.63) is 0 Å². The molecule has 3 rings (SSSR count). The molecule has 2 heterocycles. The van der Waals surface area contributed by atoms with E-state index < -0.39 is 0 Å². The molecule has 3 amide bonds. The van der Waals surface area contributed by atoms with Gasteiger partial charge in [0.2, 0.25) is 5.91 Å². The highest BCUT2D eigenvalue weighted by Gasteiger charge is 2.40. The second-order valence-corrected chi connectivity index (χ2v) is 6.51. The van der Waals surface area contributed by atoms with E-state index in [4.69, 9.17) is 5.73 Å². The standard InChI is InChI=1S/C14H24N4O2/c1-9-2-3-12(15)11(6-9)13(19)17-4-5-18-10(8-17)7-16-14(18)20/h9-12H,2-8,15H2,1H3,(H,16,20). The molecule has 4 unspecified atom stereocenters. The summed E-state index contributed by atoms with van der Waals surface area (Å²) >= 11 is 0. The van der Waals surface area contributed by atoms with Crippen LogP contribution in [-0.4, -0.2) is 60.0 Å². The van der Waals surface area contributed by atoms with Gasteiger partial charge in [0.1, 0.15) is 0 Å². The fraction of sp³-hybridized carbons (Fsp3) is 0.857. The van der Waals surface area contributed by atoms with Crippen LogP contribution in [0.2, 0.25) is 0 Å². The first-order valence-electron chi connectivity index (χ1n) is 7.65. The Kier molecular flexibility index (Phi) is 3.58. The topological polar surface area (TPSA) is 78.7 Å². The monoisotopic (exact) mass is 280 g/mol. The number of carbonyl (C=O) groups excluding carboxylic acids is 2. The molecule has 0 aromatic rings. The Balaban J connectivity index is 1.64. The van der Waals surface area contributed by atoms with Crippen LogP contribution in [-0.2, 0) is 4.79 Å². The SMILES string of the molecule is CC1CCC(N)C(C(=O)N2CCN3C(=O)NCC3C2)C1. The highest BCUT2D eigenvalue weighted by Crippen LogP contribution is 2.30. The molecule has 3 N–H and O–H groups in total. The van der Waals surface area contributed by atoms with Gasteiger partial charge in [-0.05, 0) is 25.2 Å². The number of piperazine rings is 1. The second-order valence-electron chi connectivity index (χ2n) is 6.51. The first kappa shape index (κ1) is 13.7. The first-order valence-corrected chi connectivity index (χ1v) is 7.65. The number of hydrogen-bond donors (Lipinski definition) is 2. The number of carbonyl (C=O) groups is 2. The van der Waals surface area contributed by atoms with E-state index in [0.29, 0.717) is 32.1 Å². The fourth-order valence-corrected chi connectivity index (χ4v) is 3.73. The average Bonchev–Trinajstić information content (AvgIpc) is 2.82. The normalized spacial score (nSPS) is 37.6. The third-order valence-corrected chi connectivity index (χ3v) is 5.03. The van der Waals surface area contributed by atoms with Crippen molar-refractivity contribution < 1.29 is 9.59 Å². The van der Waals surface area contributed by atoms with Crippen LogP contribution in [0.15, 0.2) is 0 Å². The fourth-order valence-electron chi connectivity index (χ4n) is 3.73. The van der Waals surface area contributed by atoms with Crippen LogP contribution < -0.4 is 11.1 Å². The van der Waals surface area contributed by atoms with Crippen LogP contribution in [0.4, 0.5) is 4.79 Å². The van der Waals surface area contributed by atoms with E-state index >= 15 is 0 Å². The third-order valence-electron chi connectivity index (χ3n) is 5.03. The van der Waals surface area contributed by atoms with E-state index in [-0.39, 0.29) is 29.9 Å². The van der Waals surface area contributed by atoms with Gasteiger partial charge in [-0.1, -0.05) is 6.92 Å². The van der Waals surface area contributed by atoms with Gasteiger partial charge < -0.3 is 20.9 Å². The summed E-state index contributed by atoms with van der Waals surface area (Å²) < 4.78 is 0. The number of fused-ring (bicyclic) bond motifs is 1. The third kappa shape index (κ3) is 2.37. The van der Waals surface area contributed by atoms with Gasteiger partial charge in [-0.3, -0.25) is 4.79 Å². The summed E-state index contributed by atoms with van der Waals surface area (Å²) in [5, 5.41) is 2.84. The van der Waals surface area contributed by atoms with Gasteiger partial charge in [-0.15, -0.1) is 0 Å². The predicted octanol–water partition coefficient (Wildman–Crippen LogP) is -0.0141. The zero-order chi connectivity index (χ0) is 14.3. The van der Waals surface area contributed by atoms with Crippen molar-refractivity contribution in [1.82, 2.24) is 15.1 Å². The van der Waals surface area contributed by atoms with Crippen molar-refractivity contribution in [2.75, 3.05) is 26.2 Å². The number of nitrogens with one attached hydrogen (secondary N) is 1. The molecule has 0 aromatic carbocycles. The molecular weight excluding hydrogens is 256 g/mol. The Hall–Kier alpha value is -1.30. The van der Waals surface area contributed by atoms with E-state index in [2.05, 4.69) is 12.2 Å². The Morgan fingerprint density at radius 1 is 1.35 bits per heavy atom. The zero-order valence-corrected chi connectivity index (χ0v) is 12.0. The maximum absolute atomic E-state index is 12.7. The number of rotatable bonds is 1. The number of hydrogen-bond acceptors (Lipinski definition) is 3. The quantitative estimate of drug-likeness (QED) is 0.709. The average molecular weight is 280 g/mol. The summed E-state index contributed by atoms with van der Waals surface area (Å²) in [4.78, 5) is 28.0. The molecule has 6 heteroatoms. The lowest BCUT2D eigenvalue weighted by Gasteiger charge is -2.40. The van der Waals surface area contributed by atoms with Crippen LogP contribution in [0, 0.1) is 11.8 Å². The maximum Gasteiger partial charge on any atom is 0.317 e. The smallest absolute Gasteiger partial charge is 0.317 e. The van der Waals surface area contributed by atoms with Crippen molar-refractivity contribution in [2.24, 2.45) is 17.6 Å². The second kappa shape index (κ2) is 5.24. The summed E-state index contributed by atoms with van der Waals surface area (Å²) in [5.41, 5.74) is 6.15. The van der Waals surface area contributed by atoms with E-state index in [9.17, 15) is 9.59 Å². The molecular formula is C14H24N4O2. The van der Waals surface area contributed by atoms with Crippen molar-refractivity contribution in [3.63, 3.8) is 0 Å². The molecule has 1 aliphatic carbocycles. The zero-order valence-electron chi connectivity index (χ0n) is 12.0. The van der Waals surface area contributed by atoms with Crippen molar-refractivity contribution in [2.45, 2.75) is 38.3 Å². The molecule has 2 saturated heterocycles. The van der Waals surface area contributed by atoms with Crippen molar-refractivity contribution in [3.8, 4) is 0 Å². The van der Waals surface area contributed by atoms with Crippen molar-refractivity contribution >= 4 is 11.9 Å². The number of urea groups is 1. The lowest BCUT2D eigenvalue weighted by Crippen LogP contribution is -2.57. The molecule has 0 radical (unpaired) electrons. The molecule has 112 valence electrons. The largest absolute Gasteiger partial charge is 0.338 e. The molecule has 1 saturated carbocycles. The van der Waals surface area contributed by atoms with Crippen LogP contribution in [0.3, 0.4) is 0 Å². The summed E-state index contributed by atoms with van der Waals surface area (Å²) in [5.74, 6) is 0.748. The molecule has 20 heavy (non-hydrogen) atoms. The van der Waals surface area contributed by atoms with E-state index in [1.165, 1.54) is 0 Å². The van der Waals surface area contributed by atoms with Gasteiger partial charge >= 0.3 is 6.03 Å². The summed E-state index contributed by atoms with van der Waals surface area (Å²) in [6, 6.07) is 0.141. The number of nitrogens with zero attached hydrogens (tertiary/aromatic N) is 2. The Labute approximate surface area is 119 Å². The van der Waals surface area contributed by atoms with Gasteiger partial charge in [-0.25, -0.2) is 4.79 Å². The van der Waals surface area contributed by atoms with Crippen LogP contribution in [0.25, 0.3) is 0 Å². The van der Waals surface area contributed by atoms with E-state index in [1.54, 1.807) is 0 Å². The van der Waals surface area contributed by atoms with Crippen LogP contribution >= 0.6 is 0 Å². The van der Waals surface area contributed by atoms with Crippen molar-refractivity contribution in [1.29, 1.82) is 0 Å². The minimum atomic E-state index is -0.0321. The molecule has 3 aliphatic rings. The molecule has 2 aliphatic heterocycles. The van der Waals surface area contributed by atoms with Gasteiger partial charge in [0, 0.05) is 32.2 Å². The van der Waals surface area contributed by atoms with Crippen LogP contribution in [0.1, 0.15) is 26.2 Å². The Morgan fingerprint density at radius 3 is 2.95 bits per heavy atom. The predicted molar refractivity (Wildman–Crippen MR) is 75.0 cm³/mol. The minimum Gasteiger partial charge on any atom is -0.338 e. The molecule has 0 aromatic heterocycles. The molecule has 0 bridgehead atoms. The van der Waals surface area contributed by atoms with Gasteiger partial charge in [0.05, 0.1) is 12.0 Å². The van der Waals surface area contributed by atoms with E-state index in [0.717, 1.165) is 19.3 Å². The Bertz CT molecular complexity index is 414. The van der Waals surface area contributed by atoms with Crippen LogP contribution in [0.5, 0.6) is 0 Å². The first-order chi connectivity index (χ1) is 9.56. The maximum atomic E-state index is 12.7. The Morgan fingerprint density at radius 2 is 2.15 bits per heavy atom. The molecule has 0 spiro atoms. The number of nitrogens with two attached hydrogens (primary N) is 1. The van der Waals surface area contributed by atoms with Gasteiger partial charge in [-0.2, -0.15) is 0 Å². The van der Waals surface area contributed by atoms with Gasteiger partial charge in [0.15, 0.2) is 0 Å². The van der Waals surface area contributed by atoms with E-state index in [1.807, 2.05) is 9.80 Å². The number of amides is 3. The highest BCUT2D eigenvalue weighted by molar-refractivity contribution is 5.81. The molecule has 3 fully saturated rings. The van der Waals surface area contributed by atoms with Gasteiger partial charge in [0.25, 0.3) is 0 Å². The lowest BCUT2D eigenvalue weighted by atomic mass is 9.78. The lowest BCUT2D eigenvalue weighted by molar-refractivity contribution is -0.139. The summed E-state index contributed by atoms with van der Waals surface area (Å²) in [6.07, 6.45) is 2.98. The summed E-state index contributed by atoms with van der Waals surface area (Å²) in [7, 11) is 0. The molecule has 6 nitrogen and oxygen atoms in total. The minimum absolute atomic E-state index is 0.0000598. The summed E-state index contributed by atoms with van der Waals surface area (Å²) in [6.45, 7) is 4.77. The highest BCUT2D eigenvalue weighted by atomic mass is 16.2.